The number of fused-ring (bicyclic) bond motifs is 3. The van der Waals surface area contributed by atoms with E-state index in [2.05, 4.69) is 34.9 Å². The summed E-state index contributed by atoms with van der Waals surface area (Å²) in [6.07, 6.45) is 2.33. The van der Waals surface area contributed by atoms with Crippen LogP contribution in [0.4, 0.5) is 4.79 Å². The fraction of sp³-hybridized carbons (Fsp3) is 0.423. The minimum Gasteiger partial charge on any atom is -0.481 e. The summed E-state index contributed by atoms with van der Waals surface area (Å²) in [7, 11) is 0. The van der Waals surface area contributed by atoms with Gasteiger partial charge in [-0.3, -0.25) is 9.59 Å². The van der Waals surface area contributed by atoms with Crippen LogP contribution in [0.1, 0.15) is 43.2 Å². The van der Waals surface area contributed by atoms with E-state index in [1.54, 1.807) is 11.8 Å². The van der Waals surface area contributed by atoms with Gasteiger partial charge in [-0.25, -0.2) is 4.79 Å². The Morgan fingerprint density at radius 2 is 1.65 bits per heavy atom. The predicted octanol–water partition coefficient (Wildman–Crippen LogP) is 4.26. The minimum atomic E-state index is -0.854. The van der Waals surface area contributed by atoms with E-state index < -0.39 is 18.1 Å². The number of carbonyl (C=O) groups excluding carboxylic acids is 2. The highest BCUT2D eigenvalue weighted by molar-refractivity contribution is 7.98. The molecule has 0 saturated carbocycles. The second kappa shape index (κ2) is 12.5. The van der Waals surface area contributed by atoms with Crippen molar-refractivity contribution in [1.82, 2.24) is 10.6 Å². The third-order valence-corrected chi connectivity index (χ3v) is 6.68. The summed E-state index contributed by atoms with van der Waals surface area (Å²) in [6, 6.07) is 15.5. The van der Waals surface area contributed by atoms with Gasteiger partial charge in [0.1, 0.15) is 12.6 Å². The average Bonchev–Trinajstić information content (AvgIpc) is 3.16. The molecule has 2 aromatic carbocycles. The first-order chi connectivity index (χ1) is 16.4. The van der Waals surface area contributed by atoms with E-state index in [4.69, 9.17) is 9.84 Å². The number of amides is 2. The Balaban J connectivity index is 1.56. The first-order valence-electron chi connectivity index (χ1n) is 11.5. The van der Waals surface area contributed by atoms with E-state index in [-0.39, 0.29) is 30.8 Å². The fourth-order valence-electron chi connectivity index (χ4n) is 4.16. The number of carboxylic acids is 1. The van der Waals surface area contributed by atoms with E-state index in [0.29, 0.717) is 25.1 Å². The third kappa shape index (κ3) is 6.76. The van der Waals surface area contributed by atoms with Gasteiger partial charge < -0.3 is 20.5 Å². The summed E-state index contributed by atoms with van der Waals surface area (Å²) in [5, 5.41) is 14.4. The van der Waals surface area contributed by atoms with Crippen molar-refractivity contribution in [1.29, 1.82) is 0 Å². The zero-order valence-electron chi connectivity index (χ0n) is 19.6. The summed E-state index contributed by atoms with van der Waals surface area (Å²) in [6.45, 7) is 2.43. The SMILES string of the molecule is CSCC[C@H](NC(=O)OCC1c2ccccc2-c2ccccc21)C(=O)NCC(C)CCC(=O)O. The van der Waals surface area contributed by atoms with Crippen LogP contribution in [-0.4, -0.2) is 54.3 Å². The third-order valence-electron chi connectivity index (χ3n) is 6.04. The molecule has 0 radical (unpaired) electrons. The molecule has 0 saturated heterocycles. The number of alkyl carbamates (subject to hydrolysis) is 1. The van der Waals surface area contributed by atoms with Crippen LogP contribution in [0.15, 0.2) is 48.5 Å². The van der Waals surface area contributed by atoms with Crippen LogP contribution in [0.3, 0.4) is 0 Å². The lowest BCUT2D eigenvalue weighted by Crippen LogP contribution is -2.48. The van der Waals surface area contributed by atoms with Crippen LogP contribution >= 0.6 is 11.8 Å². The van der Waals surface area contributed by atoms with Gasteiger partial charge in [0.15, 0.2) is 0 Å². The Hall–Kier alpha value is -3.00. The lowest BCUT2D eigenvalue weighted by molar-refractivity contribution is -0.137. The number of nitrogens with one attached hydrogen (secondary N) is 2. The van der Waals surface area contributed by atoms with E-state index in [1.807, 2.05) is 37.4 Å². The molecular weight excluding hydrogens is 452 g/mol. The number of hydrogen-bond donors (Lipinski definition) is 3. The van der Waals surface area contributed by atoms with Crippen molar-refractivity contribution < 1.29 is 24.2 Å². The van der Waals surface area contributed by atoms with Gasteiger partial charge in [0.05, 0.1) is 0 Å². The summed E-state index contributed by atoms with van der Waals surface area (Å²) < 4.78 is 5.59. The van der Waals surface area contributed by atoms with Crippen LogP contribution in [0.25, 0.3) is 11.1 Å². The van der Waals surface area contributed by atoms with Crippen LogP contribution in [0.2, 0.25) is 0 Å². The molecule has 3 N–H and O–H groups in total. The van der Waals surface area contributed by atoms with Crippen molar-refractivity contribution in [2.75, 3.05) is 25.2 Å². The number of hydrogen-bond acceptors (Lipinski definition) is 5. The quantitative estimate of drug-likeness (QED) is 0.416. The Morgan fingerprint density at radius 1 is 1.03 bits per heavy atom. The first kappa shape index (κ1) is 25.6. The summed E-state index contributed by atoms with van der Waals surface area (Å²) in [5.41, 5.74) is 4.56. The van der Waals surface area contributed by atoms with Gasteiger partial charge in [-0.1, -0.05) is 55.5 Å². The molecular formula is C26H32N2O5S. The molecule has 182 valence electrons. The highest BCUT2D eigenvalue weighted by Gasteiger charge is 2.29. The van der Waals surface area contributed by atoms with Gasteiger partial charge >= 0.3 is 12.1 Å². The standard InChI is InChI=1S/C26H32N2O5S/c1-17(11-12-24(29)30)15-27-25(31)23(13-14-34-2)28-26(32)33-16-22-20-9-5-3-7-18(20)19-8-4-6-10-21(19)22/h3-10,17,22-23H,11-16H2,1-2H3,(H,27,31)(H,28,32)(H,29,30)/t17?,23-/m0/s1. The summed E-state index contributed by atoms with van der Waals surface area (Å²) in [4.78, 5) is 36.1. The van der Waals surface area contributed by atoms with E-state index in [1.165, 1.54) is 0 Å². The normalized spacial score (nSPS) is 13.9. The summed E-state index contributed by atoms with van der Waals surface area (Å²) in [5.74, 6) is -0.462. The molecule has 1 unspecified atom stereocenters. The number of ether oxygens (including phenoxy) is 1. The maximum Gasteiger partial charge on any atom is 0.407 e. The highest BCUT2D eigenvalue weighted by atomic mass is 32.2. The number of rotatable bonds is 12. The van der Waals surface area contributed by atoms with E-state index >= 15 is 0 Å². The number of benzene rings is 2. The molecule has 1 aliphatic carbocycles. The Labute approximate surface area is 204 Å². The van der Waals surface area contributed by atoms with Crippen molar-refractivity contribution in [2.24, 2.45) is 5.92 Å². The molecule has 0 heterocycles. The smallest absolute Gasteiger partial charge is 0.407 e. The maximum atomic E-state index is 12.7. The fourth-order valence-corrected chi connectivity index (χ4v) is 4.63. The van der Waals surface area contributed by atoms with E-state index in [0.717, 1.165) is 22.3 Å². The number of carboxylic acid groups (broad SMARTS) is 1. The second-order valence-corrected chi connectivity index (χ2v) is 9.57. The number of carbonyl (C=O) groups is 3. The minimum absolute atomic E-state index is 0.0238. The lowest BCUT2D eigenvalue weighted by Gasteiger charge is -2.20. The molecule has 0 fully saturated rings. The molecule has 2 aromatic rings. The molecule has 7 nitrogen and oxygen atoms in total. The highest BCUT2D eigenvalue weighted by Crippen LogP contribution is 2.44. The van der Waals surface area contributed by atoms with Crippen molar-refractivity contribution in [3.8, 4) is 11.1 Å². The molecule has 8 heteroatoms. The number of aliphatic carboxylic acids is 1. The zero-order valence-corrected chi connectivity index (χ0v) is 20.4. The molecule has 0 aliphatic heterocycles. The van der Waals surface area contributed by atoms with Crippen molar-refractivity contribution >= 4 is 29.7 Å². The summed E-state index contributed by atoms with van der Waals surface area (Å²) >= 11 is 1.59. The topological polar surface area (TPSA) is 105 Å². The van der Waals surface area contributed by atoms with Crippen LogP contribution in [0, 0.1) is 5.92 Å². The van der Waals surface area contributed by atoms with Gasteiger partial charge in [0.2, 0.25) is 5.91 Å². The maximum absolute atomic E-state index is 12.7. The Kier molecular flexibility index (Phi) is 9.39. The second-order valence-electron chi connectivity index (χ2n) is 8.59. The van der Waals surface area contributed by atoms with Gasteiger partial charge in [-0.05, 0) is 53.0 Å². The lowest BCUT2D eigenvalue weighted by atomic mass is 9.98. The van der Waals surface area contributed by atoms with Crippen LogP contribution in [-0.2, 0) is 14.3 Å². The van der Waals surface area contributed by atoms with Crippen LogP contribution in [0.5, 0.6) is 0 Å². The van der Waals surface area contributed by atoms with Gasteiger partial charge in [-0.2, -0.15) is 11.8 Å². The zero-order chi connectivity index (χ0) is 24.5. The van der Waals surface area contributed by atoms with Crippen LogP contribution < -0.4 is 10.6 Å². The Morgan fingerprint density at radius 3 is 2.24 bits per heavy atom. The van der Waals surface area contributed by atoms with E-state index in [9.17, 15) is 14.4 Å². The van der Waals surface area contributed by atoms with Crippen molar-refractivity contribution in [2.45, 2.75) is 38.1 Å². The molecule has 34 heavy (non-hydrogen) atoms. The largest absolute Gasteiger partial charge is 0.481 e. The predicted molar refractivity (Wildman–Crippen MR) is 134 cm³/mol. The van der Waals surface area contributed by atoms with Gasteiger partial charge in [-0.15, -0.1) is 0 Å². The monoisotopic (exact) mass is 484 g/mol. The first-order valence-corrected chi connectivity index (χ1v) is 12.9. The average molecular weight is 485 g/mol. The molecule has 1 aliphatic rings. The van der Waals surface area contributed by atoms with Crippen molar-refractivity contribution in [3.05, 3.63) is 59.7 Å². The van der Waals surface area contributed by atoms with Gasteiger partial charge in [0, 0.05) is 18.9 Å². The molecule has 2 atom stereocenters. The Bertz CT molecular complexity index is 967. The number of thioether (sulfide) groups is 1. The molecule has 0 aromatic heterocycles. The molecule has 2 amide bonds. The van der Waals surface area contributed by atoms with Gasteiger partial charge in [0.25, 0.3) is 0 Å². The molecule has 0 bridgehead atoms. The van der Waals surface area contributed by atoms with Crippen molar-refractivity contribution in [3.63, 3.8) is 0 Å². The molecule has 0 spiro atoms. The molecule has 3 rings (SSSR count).